The lowest BCUT2D eigenvalue weighted by Crippen LogP contribution is -2.36. The van der Waals surface area contributed by atoms with E-state index >= 15 is 0 Å². The fraction of sp³-hybridized carbons (Fsp3) is 0.333. The number of hydrogen-bond acceptors (Lipinski definition) is 3. The van der Waals surface area contributed by atoms with E-state index in [-0.39, 0.29) is 11.9 Å². The molecule has 4 nitrogen and oxygen atoms in total. The number of para-hydroxylation sites is 1. The summed E-state index contributed by atoms with van der Waals surface area (Å²) in [5, 5.41) is 3.37. The number of anilines is 2. The molecule has 2 aliphatic rings. The monoisotopic (exact) mass is 293 g/mol. The first kappa shape index (κ1) is 13.3. The maximum Gasteiger partial charge on any atom is 0.262 e. The molecule has 2 heterocycles. The summed E-state index contributed by atoms with van der Waals surface area (Å²) in [4.78, 5) is 19.4. The van der Waals surface area contributed by atoms with E-state index in [0.717, 1.165) is 24.9 Å². The summed E-state index contributed by atoms with van der Waals surface area (Å²) in [5.41, 5.74) is 2.93. The number of carbonyl (C=O) groups excluding carboxylic acids is 1. The van der Waals surface area contributed by atoms with Crippen LogP contribution in [0.15, 0.2) is 42.6 Å². The number of aromatic nitrogens is 1. The molecule has 1 saturated carbocycles. The van der Waals surface area contributed by atoms with Crippen molar-refractivity contribution in [3.8, 4) is 0 Å². The smallest absolute Gasteiger partial charge is 0.262 e. The van der Waals surface area contributed by atoms with Crippen molar-refractivity contribution in [2.75, 3.05) is 10.2 Å². The van der Waals surface area contributed by atoms with E-state index in [0.29, 0.717) is 17.4 Å². The van der Waals surface area contributed by atoms with Crippen molar-refractivity contribution in [3.05, 3.63) is 53.7 Å². The summed E-state index contributed by atoms with van der Waals surface area (Å²) in [5.74, 6) is 0.750. The third kappa shape index (κ3) is 2.25. The van der Waals surface area contributed by atoms with Crippen LogP contribution in [-0.4, -0.2) is 23.0 Å². The SMILES string of the molecule is CC1Cc2ccccc2N1C(=O)c1cccnc1NC1CC1. The van der Waals surface area contributed by atoms with Crippen LogP contribution in [0.3, 0.4) is 0 Å². The first-order chi connectivity index (χ1) is 10.7. The van der Waals surface area contributed by atoms with Crippen LogP contribution in [-0.2, 0) is 6.42 Å². The number of pyridine rings is 1. The Bertz CT molecular complexity index is 724. The quantitative estimate of drug-likeness (QED) is 0.945. The van der Waals surface area contributed by atoms with Gasteiger partial charge in [-0.3, -0.25) is 4.79 Å². The maximum absolute atomic E-state index is 13.1. The Labute approximate surface area is 130 Å². The lowest BCUT2D eigenvalue weighted by molar-refractivity contribution is 0.0982. The standard InChI is InChI=1S/C18H19N3O/c1-12-11-13-5-2-3-7-16(13)21(12)18(22)15-6-4-10-19-17(15)20-14-8-9-14/h2-7,10,12,14H,8-9,11H2,1H3,(H,19,20). The van der Waals surface area contributed by atoms with Gasteiger partial charge in [0, 0.05) is 24.0 Å². The number of amides is 1. The normalized spacial score (nSPS) is 19.9. The van der Waals surface area contributed by atoms with Crippen LogP contribution in [0.5, 0.6) is 0 Å². The molecule has 1 aromatic heterocycles. The van der Waals surface area contributed by atoms with Crippen LogP contribution < -0.4 is 10.2 Å². The number of benzene rings is 1. The predicted molar refractivity (Wildman–Crippen MR) is 87.3 cm³/mol. The van der Waals surface area contributed by atoms with Gasteiger partial charge in [-0.1, -0.05) is 18.2 Å². The molecule has 1 amide bonds. The van der Waals surface area contributed by atoms with Crippen molar-refractivity contribution in [3.63, 3.8) is 0 Å². The molecular formula is C18H19N3O. The molecule has 4 heteroatoms. The van der Waals surface area contributed by atoms with Gasteiger partial charge in [0.15, 0.2) is 0 Å². The molecule has 1 atom stereocenters. The highest BCUT2D eigenvalue weighted by Crippen LogP contribution is 2.34. The summed E-state index contributed by atoms with van der Waals surface area (Å²) in [6, 6.07) is 12.5. The summed E-state index contributed by atoms with van der Waals surface area (Å²) >= 11 is 0. The van der Waals surface area contributed by atoms with Crippen molar-refractivity contribution in [1.29, 1.82) is 0 Å². The van der Waals surface area contributed by atoms with Gasteiger partial charge in [-0.25, -0.2) is 4.98 Å². The average molecular weight is 293 g/mol. The molecule has 0 saturated heterocycles. The van der Waals surface area contributed by atoms with E-state index in [1.54, 1.807) is 6.20 Å². The third-order valence-corrected chi connectivity index (χ3v) is 4.38. The average Bonchev–Trinajstić information content (AvgIpc) is 3.27. The van der Waals surface area contributed by atoms with Crippen molar-refractivity contribution >= 4 is 17.4 Å². The zero-order valence-corrected chi connectivity index (χ0v) is 12.6. The van der Waals surface area contributed by atoms with E-state index in [1.807, 2.05) is 35.2 Å². The van der Waals surface area contributed by atoms with Crippen LogP contribution in [0, 0.1) is 0 Å². The second-order valence-electron chi connectivity index (χ2n) is 6.18. The van der Waals surface area contributed by atoms with Crippen molar-refractivity contribution in [2.24, 2.45) is 0 Å². The van der Waals surface area contributed by atoms with Gasteiger partial charge in [0.25, 0.3) is 5.91 Å². The Hall–Kier alpha value is -2.36. The minimum atomic E-state index is 0.0358. The Kier molecular flexibility index (Phi) is 3.10. The first-order valence-electron chi connectivity index (χ1n) is 7.87. The number of nitrogens with zero attached hydrogens (tertiary/aromatic N) is 2. The number of fused-ring (bicyclic) bond motifs is 1. The molecule has 1 aromatic carbocycles. The van der Waals surface area contributed by atoms with E-state index < -0.39 is 0 Å². The van der Waals surface area contributed by atoms with Crippen LogP contribution in [0.25, 0.3) is 0 Å². The molecule has 22 heavy (non-hydrogen) atoms. The van der Waals surface area contributed by atoms with E-state index in [9.17, 15) is 4.79 Å². The van der Waals surface area contributed by atoms with Crippen LogP contribution >= 0.6 is 0 Å². The number of carbonyl (C=O) groups is 1. The minimum absolute atomic E-state index is 0.0358. The van der Waals surface area contributed by atoms with Crippen LogP contribution in [0.1, 0.15) is 35.7 Å². The molecule has 1 unspecified atom stereocenters. The summed E-state index contributed by atoms with van der Waals surface area (Å²) in [6.07, 6.45) is 4.97. The third-order valence-electron chi connectivity index (χ3n) is 4.38. The van der Waals surface area contributed by atoms with Gasteiger partial charge in [-0.2, -0.15) is 0 Å². The fourth-order valence-corrected chi connectivity index (χ4v) is 3.12. The first-order valence-corrected chi connectivity index (χ1v) is 7.87. The van der Waals surface area contributed by atoms with E-state index in [2.05, 4.69) is 23.3 Å². The lowest BCUT2D eigenvalue weighted by atomic mass is 10.1. The number of nitrogens with one attached hydrogen (secondary N) is 1. The molecule has 0 bridgehead atoms. The lowest BCUT2D eigenvalue weighted by Gasteiger charge is -2.23. The maximum atomic E-state index is 13.1. The molecule has 1 aliphatic heterocycles. The molecule has 2 aromatic rings. The van der Waals surface area contributed by atoms with Gasteiger partial charge in [0.1, 0.15) is 5.82 Å². The van der Waals surface area contributed by atoms with Crippen LogP contribution in [0.4, 0.5) is 11.5 Å². The zero-order chi connectivity index (χ0) is 15.1. The van der Waals surface area contributed by atoms with Gasteiger partial charge < -0.3 is 10.2 Å². The Balaban J connectivity index is 1.70. The van der Waals surface area contributed by atoms with Gasteiger partial charge in [0.05, 0.1) is 5.56 Å². The van der Waals surface area contributed by atoms with Gasteiger partial charge in [-0.05, 0) is 49.9 Å². The highest BCUT2D eigenvalue weighted by molar-refractivity contribution is 6.10. The Morgan fingerprint density at radius 3 is 2.86 bits per heavy atom. The van der Waals surface area contributed by atoms with E-state index in [4.69, 9.17) is 0 Å². The molecule has 1 aliphatic carbocycles. The summed E-state index contributed by atoms with van der Waals surface area (Å²) < 4.78 is 0. The molecule has 1 fully saturated rings. The number of rotatable bonds is 3. The largest absolute Gasteiger partial charge is 0.367 e. The fourth-order valence-electron chi connectivity index (χ4n) is 3.12. The topological polar surface area (TPSA) is 45.2 Å². The van der Waals surface area contributed by atoms with Gasteiger partial charge in [0.2, 0.25) is 0 Å². The predicted octanol–water partition coefficient (Wildman–Crippen LogP) is 3.25. The Morgan fingerprint density at radius 2 is 2.05 bits per heavy atom. The second-order valence-corrected chi connectivity index (χ2v) is 6.18. The van der Waals surface area contributed by atoms with Gasteiger partial charge >= 0.3 is 0 Å². The van der Waals surface area contributed by atoms with Crippen molar-refractivity contribution < 1.29 is 4.79 Å². The van der Waals surface area contributed by atoms with Crippen molar-refractivity contribution in [2.45, 2.75) is 38.3 Å². The molecule has 1 N–H and O–H groups in total. The minimum Gasteiger partial charge on any atom is -0.367 e. The number of hydrogen-bond donors (Lipinski definition) is 1. The molecule has 0 spiro atoms. The summed E-state index contributed by atoms with van der Waals surface area (Å²) in [7, 11) is 0. The zero-order valence-electron chi connectivity index (χ0n) is 12.6. The molecule has 112 valence electrons. The Morgan fingerprint density at radius 1 is 1.23 bits per heavy atom. The molecular weight excluding hydrogens is 274 g/mol. The van der Waals surface area contributed by atoms with E-state index in [1.165, 1.54) is 5.56 Å². The van der Waals surface area contributed by atoms with Gasteiger partial charge in [-0.15, -0.1) is 0 Å². The molecule has 0 radical (unpaired) electrons. The molecule has 4 rings (SSSR count). The highest BCUT2D eigenvalue weighted by atomic mass is 16.2. The van der Waals surface area contributed by atoms with Crippen molar-refractivity contribution in [1.82, 2.24) is 4.98 Å². The summed E-state index contributed by atoms with van der Waals surface area (Å²) in [6.45, 7) is 2.10. The highest BCUT2D eigenvalue weighted by Gasteiger charge is 2.33. The van der Waals surface area contributed by atoms with Crippen LogP contribution in [0.2, 0.25) is 0 Å². The second kappa shape index (κ2) is 5.13.